The Labute approximate surface area is 363 Å². The summed E-state index contributed by atoms with van der Waals surface area (Å²) in [6, 6.07) is 68.9. The summed E-state index contributed by atoms with van der Waals surface area (Å²) in [5, 5.41) is 11.4. The number of hydrogen-bond acceptors (Lipinski definition) is 5. The molecular weight excluding hydrogens is 789 g/mol. The summed E-state index contributed by atoms with van der Waals surface area (Å²) in [6.07, 6.45) is 0. The van der Waals surface area contributed by atoms with Crippen molar-refractivity contribution in [3.05, 3.63) is 194 Å². The van der Waals surface area contributed by atoms with Gasteiger partial charge in [-0.05, 0) is 70.1 Å². The summed E-state index contributed by atoms with van der Waals surface area (Å²) < 4.78 is 6.78. The molecule has 0 aliphatic carbocycles. The van der Waals surface area contributed by atoms with Crippen LogP contribution in [0.4, 0.5) is 0 Å². The summed E-state index contributed by atoms with van der Waals surface area (Å²) in [7, 11) is 0. The first-order valence-electron chi connectivity index (χ1n) is 21.1. The Bertz CT molecular complexity index is 4230. The SMILES string of the molecule is c1ccc2cc(-c3nc(-n4c5ccccc5c5c6c7ccccc7n(-c7nc(-c8ccc9ccccc9c8)c8sc9ccccc9c8n7)c6ccc54)nc4ccccc34)ccc2c1. The molecule has 0 saturated heterocycles. The van der Waals surface area contributed by atoms with E-state index in [1.165, 1.54) is 26.2 Å². The Morgan fingerprint density at radius 3 is 1.49 bits per heavy atom. The fourth-order valence-electron chi connectivity index (χ4n) is 9.88. The number of para-hydroxylation sites is 3. The van der Waals surface area contributed by atoms with Gasteiger partial charge < -0.3 is 0 Å². The highest BCUT2D eigenvalue weighted by Crippen LogP contribution is 2.44. The quantitative estimate of drug-likeness (QED) is 0.177. The zero-order valence-electron chi connectivity index (χ0n) is 33.6. The standard InChI is InChI=1S/C56H32N6S/c1-3-15-35-31-37(27-25-33(35)13-1)51-39-17-5-9-21-43(39)57-55(58-51)61-44-22-10-6-18-40(44)49-46(61)29-30-47-50(49)41-19-7-11-23-45(41)62(47)56-59-52(38-28-26-34-14-2-4-16-36(34)32-38)54-53(60-56)42-20-8-12-24-48(42)63-54/h1-32H. The molecule has 0 amide bonds. The van der Waals surface area contributed by atoms with E-state index in [1.54, 1.807) is 11.3 Å². The van der Waals surface area contributed by atoms with Crippen LogP contribution in [0.3, 0.4) is 0 Å². The van der Waals surface area contributed by atoms with Gasteiger partial charge in [0.05, 0.1) is 49.2 Å². The van der Waals surface area contributed by atoms with E-state index < -0.39 is 0 Å². The minimum atomic E-state index is 0.629. The Balaban J connectivity index is 1.06. The molecule has 0 saturated carbocycles. The second kappa shape index (κ2) is 13.1. The van der Waals surface area contributed by atoms with Gasteiger partial charge in [-0.25, -0.2) is 19.9 Å². The first-order valence-corrected chi connectivity index (χ1v) is 22.0. The van der Waals surface area contributed by atoms with E-state index in [1.807, 2.05) is 0 Å². The minimum Gasteiger partial charge on any atom is -0.278 e. The van der Waals surface area contributed by atoms with Gasteiger partial charge in [-0.3, -0.25) is 9.13 Å². The summed E-state index contributed by atoms with van der Waals surface area (Å²) in [4.78, 5) is 21.8. The molecule has 0 atom stereocenters. The molecule has 0 unspecified atom stereocenters. The molecule has 0 N–H and O–H groups in total. The molecule has 14 aromatic rings. The lowest BCUT2D eigenvalue weighted by Crippen LogP contribution is -2.04. The van der Waals surface area contributed by atoms with Gasteiger partial charge in [0.1, 0.15) is 0 Å². The average molecular weight is 821 g/mol. The highest BCUT2D eigenvalue weighted by molar-refractivity contribution is 7.26. The molecule has 6 nitrogen and oxygen atoms in total. The number of rotatable bonds is 4. The van der Waals surface area contributed by atoms with E-state index in [0.29, 0.717) is 11.9 Å². The molecule has 0 spiro atoms. The zero-order chi connectivity index (χ0) is 41.2. The lowest BCUT2D eigenvalue weighted by molar-refractivity contribution is 1.01. The van der Waals surface area contributed by atoms with Gasteiger partial charge in [0.2, 0.25) is 11.9 Å². The molecule has 0 radical (unpaired) electrons. The van der Waals surface area contributed by atoms with Crippen molar-refractivity contribution in [3.63, 3.8) is 0 Å². The molecule has 0 aliphatic heterocycles. The van der Waals surface area contributed by atoms with Gasteiger partial charge in [-0.15, -0.1) is 11.3 Å². The van der Waals surface area contributed by atoms with Crippen LogP contribution in [0.15, 0.2) is 194 Å². The van der Waals surface area contributed by atoms with Crippen molar-refractivity contribution >= 4 is 108 Å². The van der Waals surface area contributed by atoms with Crippen LogP contribution in [-0.2, 0) is 0 Å². The van der Waals surface area contributed by atoms with E-state index in [4.69, 9.17) is 19.9 Å². The monoisotopic (exact) mass is 820 g/mol. The van der Waals surface area contributed by atoms with Crippen LogP contribution >= 0.6 is 11.3 Å². The van der Waals surface area contributed by atoms with Crippen LogP contribution in [-0.4, -0.2) is 29.1 Å². The summed E-state index contributed by atoms with van der Waals surface area (Å²) >= 11 is 1.76. The number of nitrogens with zero attached hydrogens (tertiary/aromatic N) is 6. The Kier molecular flexibility index (Phi) is 7.17. The fourth-order valence-corrected chi connectivity index (χ4v) is 11.0. The average Bonchev–Trinajstić information content (AvgIpc) is 4.01. The number of aromatic nitrogens is 6. The van der Waals surface area contributed by atoms with Crippen molar-refractivity contribution in [2.24, 2.45) is 0 Å². The first kappa shape index (κ1) is 34.5. The largest absolute Gasteiger partial charge is 0.278 e. The Morgan fingerprint density at radius 1 is 0.349 bits per heavy atom. The maximum atomic E-state index is 5.53. The highest BCUT2D eigenvalue weighted by Gasteiger charge is 2.25. The Morgan fingerprint density at radius 2 is 0.841 bits per heavy atom. The van der Waals surface area contributed by atoms with E-state index in [0.717, 1.165) is 92.6 Å². The lowest BCUT2D eigenvalue weighted by Gasteiger charge is -2.12. The van der Waals surface area contributed by atoms with E-state index in [9.17, 15) is 0 Å². The predicted octanol–water partition coefficient (Wildman–Crippen LogP) is 14.6. The highest BCUT2D eigenvalue weighted by atomic mass is 32.1. The third-order valence-corrected chi connectivity index (χ3v) is 13.9. The van der Waals surface area contributed by atoms with Crippen molar-refractivity contribution in [3.8, 4) is 34.4 Å². The fraction of sp³-hybridized carbons (Fsp3) is 0. The molecule has 0 aliphatic rings. The van der Waals surface area contributed by atoms with E-state index >= 15 is 0 Å². The third-order valence-electron chi connectivity index (χ3n) is 12.7. The molecule has 14 rings (SSSR count). The second-order valence-corrected chi connectivity index (χ2v) is 17.3. The van der Waals surface area contributed by atoms with Gasteiger partial charge in [-0.2, -0.15) is 0 Å². The summed E-state index contributed by atoms with van der Waals surface area (Å²) in [5.74, 6) is 1.27. The molecule has 7 heteroatoms. The van der Waals surface area contributed by atoms with Crippen molar-refractivity contribution < 1.29 is 0 Å². The van der Waals surface area contributed by atoms with Crippen molar-refractivity contribution in [2.45, 2.75) is 0 Å². The normalized spacial score (nSPS) is 12.1. The molecule has 292 valence electrons. The van der Waals surface area contributed by atoms with Gasteiger partial charge in [-0.1, -0.05) is 146 Å². The van der Waals surface area contributed by atoms with Crippen LogP contribution < -0.4 is 0 Å². The first-order chi connectivity index (χ1) is 31.2. The van der Waals surface area contributed by atoms with Gasteiger partial charge in [0.15, 0.2) is 0 Å². The van der Waals surface area contributed by atoms with Crippen LogP contribution in [0.25, 0.3) is 131 Å². The molecule has 5 aromatic heterocycles. The summed E-state index contributed by atoms with van der Waals surface area (Å²) in [6.45, 7) is 0. The molecule has 0 bridgehead atoms. The molecule has 5 heterocycles. The maximum absolute atomic E-state index is 5.53. The zero-order valence-corrected chi connectivity index (χ0v) is 34.4. The predicted molar refractivity (Wildman–Crippen MR) is 263 cm³/mol. The van der Waals surface area contributed by atoms with Crippen LogP contribution in [0.5, 0.6) is 0 Å². The molecule has 9 aromatic carbocycles. The number of thiophene rings is 1. The smallest absolute Gasteiger partial charge is 0.235 e. The molecular formula is C56H32N6S. The summed E-state index contributed by atoms with van der Waals surface area (Å²) in [5.41, 5.74) is 9.96. The lowest BCUT2D eigenvalue weighted by atomic mass is 10.0. The topological polar surface area (TPSA) is 61.4 Å². The molecule has 0 fully saturated rings. The van der Waals surface area contributed by atoms with Crippen LogP contribution in [0.1, 0.15) is 0 Å². The van der Waals surface area contributed by atoms with Gasteiger partial charge in [0.25, 0.3) is 0 Å². The third kappa shape index (κ3) is 5.05. The minimum absolute atomic E-state index is 0.629. The van der Waals surface area contributed by atoms with Gasteiger partial charge in [0, 0.05) is 48.1 Å². The second-order valence-electron chi connectivity index (χ2n) is 16.2. The number of fused-ring (bicyclic) bond motifs is 13. The van der Waals surface area contributed by atoms with E-state index in [-0.39, 0.29) is 0 Å². The van der Waals surface area contributed by atoms with Crippen LogP contribution in [0.2, 0.25) is 0 Å². The van der Waals surface area contributed by atoms with Crippen molar-refractivity contribution in [1.82, 2.24) is 29.1 Å². The maximum Gasteiger partial charge on any atom is 0.235 e. The number of hydrogen-bond donors (Lipinski definition) is 0. The van der Waals surface area contributed by atoms with Crippen molar-refractivity contribution in [1.29, 1.82) is 0 Å². The Hall–Kier alpha value is -8.26. The van der Waals surface area contributed by atoms with Crippen molar-refractivity contribution in [2.75, 3.05) is 0 Å². The van der Waals surface area contributed by atoms with Crippen LogP contribution in [0, 0.1) is 0 Å². The molecule has 63 heavy (non-hydrogen) atoms. The number of benzene rings is 9. The van der Waals surface area contributed by atoms with E-state index in [2.05, 4.69) is 203 Å². The van der Waals surface area contributed by atoms with Gasteiger partial charge >= 0.3 is 0 Å².